The van der Waals surface area contributed by atoms with Gasteiger partial charge in [0.1, 0.15) is 23.0 Å². The van der Waals surface area contributed by atoms with Crippen LogP contribution in [0.5, 0.6) is 0 Å². The fourth-order valence-electron chi connectivity index (χ4n) is 2.39. The average molecular weight is 251 g/mol. The van der Waals surface area contributed by atoms with Crippen molar-refractivity contribution in [2.24, 2.45) is 5.92 Å². The Hall–Kier alpha value is -1.42. The highest BCUT2D eigenvalue weighted by atomic mass is 19.1. The molecule has 0 bridgehead atoms. The van der Waals surface area contributed by atoms with Gasteiger partial charge < -0.3 is 9.73 Å². The van der Waals surface area contributed by atoms with Gasteiger partial charge in [0.25, 0.3) is 0 Å². The number of halogens is 2. The summed E-state index contributed by atoms with van der Waals surface area (Å²) in [5, 5.41) is 3.70. The fourth-order valence-corrected chi connectivity index (χ4v) is 2.39. The minimum Gasteiger partial charge on any atom is -0.459 e. The first kappa shape index (κ1) is 11.7. The highest BCUT2D eigenvalue weighted by Gasteiger charge is 2.34. The Morgan fingerprint density at radius 3 is 2.78 bits per heavy atom. The lowest BCUT2D eigenvalue weighted by Crippen LogP contribution is -2.21. The van der Waals surface area contributed by atoms with Crippen molar-refractivity contribution < 1.29 is 13.2 Å². The molecule has 0 radical (unpaired) electrons. The van der Waals surface area contributed by atoms with Crippen molar-refractivity contribution >= 4 is 11.0 Å². The zero-order valence-corrected chi connectivity index (χ0v) is 10.2. The second-order valence-electron chi connectivity index (χ2n) is 4.82. The van der Waals surface area contributed by atoms with Crippen LogP contribution < -0.4 is 5.32 Å². The molecule has 1 aromatic heterocycles. The normalized spacial score (nSPS) is 17.3. The number of nitrogens with one attached hydrogen (secondary N) is 1. The Bertz CT molecular complexity index is 574. The van der Waals surface area contributed by atoms with E-state index >= 15 is 0 Å². The molecule has 2 aromatic rings. The first-order chi connectivity index (χ1) is 8.69. The molecule has 96 valence electrons. The smallest absolute Gasteiger partial charge is 0.140 e. The van der Waals surface area contributed by atoms with Crippen molar-refractivity contribution in [2.45, 2.75) is 25.8 Å². The minimum atomic E-state index is -0.604. The summed E-state index contributed by atoms with van der Waals surface area (Å²) in [4.78, 5) is 0. The van der Waals surface area contributed by atoms with Crippen molar-refractivity contribution in [3.05, 3.63) is 35.6 Å². The maximum Gasteiger partial charge on any atom is 0.140 e. The predicted molar refractivity (Wildman–Crippen MR) is 65.3 cm³/mol. The van der Waals surface area contributed by atoms with Gasteiger partial charge in [0.05, 0.1) is 11.4 Å². The summed E-state index contributed by atoms with van der Waals surface area (Å²) < 4.78 is 32.3. The summed E-state index contributed by atoms with van der Waals surface area (Å²) >= 11 is 0. The van der Waals surface area contributed by atoms with Crippen molar-refractivity contribution in [1.82, 2.24) is 5.32 Å². The topological polar surface area (TPSA) is 25.2 Å². The molecule has 1 aliphatic carbocycles. The number of rotatable bonds is 4. The molecule has 0 amide bonds. The van der Waals surface area contributed by atoms with Crippen molar-refractivity contribution in [3.8, 4) is 0 Å². The van der Waals surface area contributed by atoms with Crippen LogP contribution in [0.15, 0.2) is 22.6 Å². The van der Waals surface area contributed by atoms with Crippen LogP contribution in [0.25, 0.3) is 11.0 Å². The summed E-state index contributed by atoms with van der Waals surface area (Å²) in [6.07, 6.45) is 2.32. The Kier molecular flexibility index (Phi) is 2.82. The Balaban J connectivity index is 2.03. The average Bonchev–Trinajstić information content (AvgIpc) is 3.06. The molecule has 1 atom stereocenters. The van der Waals surface area contributed by atoms with E-state index in [0.29, 0.717) is 17.1 Å². The van der Waals surface area contributed by atoms with Crippen LogP contribution in [0.1, 0.15) is 31.6 Å². The number of hydrogen-bond acceptors (Lipinski definition) is 2. The number of fused-ring (bicyclic) bond motifs is 1. The molecule has 1 heterocycles. The molecule has 3 rings (SSSR count). The Morgan fingerprint density at radius 1 is 1.33 bits per heavy atom. The summed E-state index contributed by atoms with van der Waals surface area (Å²) in [6.45, 7) is 2.85. The SMILES string of the molecule is CCNC(c1cc2c(F)cc(F)cc2o1)C1CC1. The van der Waals surface area contributed by atoms with Gasteiger partial charge in [-0.2, -0.15) is 0 Å². The Labute approximate surface area is 104 Å². The minimum absolute atomic E-state index is 0.116. The third-order valence-electron chi connectivity index (χ3n) is 3.39. The van der Waals surface area contributed by atoms with Gasteiger partial charge in [-0.3, -0.25) is 0 Å². The number of benzene rings is 1. The highest BCUT2D eigenvalue weighted by Crippen LogP contribution is 2.42. The molecule has 2 nitrogen and oxygen atoms in total. The van der Waals surface area contributed by atoms with Gasteiger partial charge in [0, 0.05) is 12.1 Å². The summed E-state index contributed by atoms with van der Waals surface area (Å²) in [5.74, 6) is 0.0932. The number of hydrogen-bond donors (Lipinski definition) is 1. The van der Waals surface area contributed by atoms with Gasteiger partial charge in [-0.1, -0.05) is 6.92 Å². The van der Waals surface area contributed by atoms with Crippen LogP contribution in [-0.4, -0.2) is 6.54 Å². The molecule has 0 aliphatic heterocycles. The van der Waals surface area contributed by atoms with E-state index in [0.717, 1.165) is 25.5 Å². The predicted octanol–water partition coefficient (Wildman–Crippen LogP) is 3.77. The van der Waals surface area contributed by atoms with Gasteiger partial charge in [0.15, 0.2) is 0 Å². The van der Waals surface area contributed by atoms with Gasteiger partial charge in [-0.05, 0) is 31.4 Å². The molecular weight excluding hydrogens is 236 g/mol. The highest BCUT2D eigenvalue weighted by molar-refractivity contribution is 5.78. The molecule has 1 unspecified atom stereocenters. The van der Waals surface area contributed by atoms with Crippen LogP contribution >= 0.6 is 0 Å². The zero-order chi connectivity index (χ0) is 12.7. The van der Waals surface area contributed by atoms with E-state index in [-0.39, 0.29) is 11.6 Å². The van der Waals surface area contributed by atoms with E-state index in [1.54, 1.807) is 6.07 Å². The molecule has 1 aliphatic rings. The monoisotopic (exact) mass is 251 g/mol. The maximum atomic E-state index is 13.6. The van der Waals surface area contributed by atoms with Crippen LogP contribution in [0.2, 0.25) is 0 Å². The largest absolute Gasteiger partial charge is 0.459 e. The van der Waals surface area contributed by atoms with Crippen molar-refractivity contribution in [2.75, 3.05) is 6.54 Å². The fraction of sp³-hybridized carbons (Fsp3) is 0.429. The van der Waals surface area contributed by atoms with Crippen LogP contribution in [0.4, 0.5) is 8.78 Å². The van der Waals surface area contributed by atoms with Gasteiger partial charge in [-0.25, -0.2) is 8.78 Å². The molecule has 1 N–H and O–H groups in total. The summed E-state index contributed by atoms with van der Waals surface area (Å²) in [5.41, 5.74) is 0.283. The molecule has 0 saturated heterocycles. The second kappa shape index (κ2) is 4.35. The van der Waals surface area contributed by atoms with Crippen LogP contribution in [-0.2, 0) is 0 Å². The molecule has 1 fully saturated rings. The van der Waals surface area contributed by atoms with Crippen molar-refractivity contribution in [3.63, 3.8) is 0 Å². The Morgan fingerprint density at radius 2 is 2.11 bits per heavy atom. The van der Waals surface area contributed by atoms with Gasteiger partial charge in [-0.15, -0.1) is 0 Å². The van der Waals surface area contributed by atoms with E-state index in [2.05, 4.69) is 5.32 Å². The molecule has 1 saturated carbocycles. The third-order valence-corrected chi connectivity index (χ3v) is 3.39. The lowest BCUT2D eigenvalue weighted by atomic mass is 10.1. The summed E-state index contributed by atoms with van der Waals surface area (Å²) in [7, 11) is 0. The van der Waals surface area contributed by atoms with E-state index in [1.807, 2.05) is 6.92 Å². The molecular formula is C14H15F2NO. The lowest BCUT2D eigenvalue weighted by molar-refractivity contribution is 0.403. The van der Waals surface area contributed by atoms with E-state index in [9.17, 15) is 8.78 Å². The van der Waals surface area contributed by atoms with E-state index < -0.39 is 11.6 Å². The van der Waals surface area contributed by atoms with E-state index in [1.165, 1.54) is 6.07 Å². The quantitative estimate of drug-likeness (QED) is 0.894. The van der Waals surface area contributed by atoms with Crippen molar-refractivity contribution in [1.29, 1.82) is 0 Å². The van der Waals surface area contributed by atoms with Crippen LogP contribution in [0, 0.1) is 17.6 Å². The molecule has 18 heavy (non-hydrogen) atoms. The first-order valence-corrected chi connectivity index (χ1v) is 6.31. The van der Waals surface area contributed by atoms with Gasteiger partial charge >= 0.3 is 0 Å². The van der Waals surface area contributed by atoms with E-state index in [4.69, 9.17) is 4.42 Å². The van der Waals surface area contributed by atoms with Gasteiger partial charge in [0.2, 0.25) is 0 Å². The standard InChI is InChI=1S/C14H15F2NO/c1-2-17-14(8-3-4-8)13-7-10-11(16)5-9(15)6-12(10)18-13/h5-8,14,17H,2-4H2,1H3. The molecule has 0 spiro atoms. The molecule has 1 aromatic carbocycles. The lowest BCUT2D eigenvalue weighted by Gasteiger charge is -2.13. The second-order valence-corrected chi connectivity index (χ2v) is 4.82. The number of furan rings is 1. The first-order valence-electron chi connectivity index (χ1n) is 6.31. The third kappa shape index (κ3) is 2.01. The summed E-state index contributed by atoms with van der Waals surface area (Å²) in [6, 6.07) is 3.93. The molecule has 4 heteroatoms. The van der Waals surface area contributed by atoms with Crippen LogP contribution in [0.3, 0.4) is 0 Å². The maximum absolute atomic E-state index is 13.6. The zero-order valence-electron chi connectivity index (χ0n) is 10.2.